The Morgan fingerprint density at radius 1 is 1.03 bits per heavy atom. The summed E-state index contributed by atoms with van der Waals surface area (Å²) < 4.78 is 15.8. The Kier molecular flexibility index (Phi) is 7.33. The van der Waals surface area contributed by atoms with E-state index in [4.69, 9.17) is 14.2 Å². The highest BCUT2D eigenvalue weighted by Crippen LogP contribution is 2.39. The summed E-state index contributed by atoms with van der Waals surface area (Å²) in [6, 6.07) is 11.5. The molecule has 1 aliphatic heterocycles. The molecule has 2 aromatic carbocycles. The summed E-state index contributed by atoms with van der Waals surface area (Å²) in [4.78, 5) is 27.3. The standard InChI is InChI=1S/C27H33NO5/c1-4-33-27(30)20-7-5-19(6-8-20)17-28-11-9-18(10-12-28)13-22-14-21-15-24(31-2)25(32-3)16-23(21)26(22)29/h5-8,15-16,18,22H,4,9-14,17H2,1-3H3. The first kappa shape index (κ1) is 23.3. The zero-order chi connectivity index (χ0) is 23.4. The van der Waals surface area contributed by atoms with Crippen molar-refractivity contribution in [3.05, 3.63) is 58.7 Å². The Labute approximate surface area is 195 Å². The maximum absolute atomic E-state index is 13.0. The van der Waals surface area contributed by atoms with Gasteiger partial charge >= 0.3 is 5.97 Å². The average Bonchev–Trinajstić information content (AvgIpc) is 3.14. The monoisotopic (exact) mass is 451 g/mol. The van der Waals surface area contributed by atoms with Gasteiger partial charge in [-0.25, -0.2) is 4.79 Å². The van der Waals surface area contributed by atoms with E-state index in [-0.39, 0.29) is 17.7 Å². The van der Waals surface area contributed by atoms with Gasteiger partial charge in [-0.15, -0.1) is 0 Å². The number of piperidine rings is 1. The highest BCUT2D eigenvalue weighted by atomic mass is 16.5. The number of fused-ring (bicyclic) bond motifs is 1. The number of Topliss-reactive ketones (excluding diaryl/α,β-unsaturated/α-hetero) is 1. The van der Waals surface area contributed by atoms with Gasteiger partial charge in [-0.05, 0) is 87.0 Å². The number of methoxy groups -OCH3 is 2. The summed E-state index contributed by atoms with van der Waals surface area (Å²) in [5, 5.41) is 0. The molecule has 0 radical (unpaired) electrons. The molecule has 33 heavy (non-hydrogen) atoms. The highest BCUT2D eigenvalue weighted by Gasteiger charge is 2.34. The first-order valence-corrected chi connectivity index (χ1v) is 11.8. The summed E-state index contributed by atoms with van der Waals surface area (Å²) in [5.41, 5.74) is 3.66. The van der Waals surface area contributed by atoms with Crippen molar-refractivity contribution in [3.63, 3.8) is 0 Å². The third-order valence-corrected chi connectivity index (χ3v) is 6.91. The normalized spacial score (nSPS) is 18.8. The number of rotatable bonds is 8. The van der Waals surface area contributed by atoms with Gasteiger partial charge in [0.25, 0.3) is 0 Å². The van der Waals surface area contributed by atoms with Crippen molar-refractivity contribution in [1.82, 2.24) is 4.90 Å². The number of hydrogen-bond donors (Lipinski definition) is 0. The van der Waals surface area contributed by atoms with E-state index in [2.05, 4.69) is 4.90 Å². The first-order chi connectivity index (χ1) is 16.0. The van der Waals surface area contributed by atoms with Gasteiger partial charge in [0, 0.05) is 18.0 Å². The molecule has 1 aliphatic carbocycles. The summed E-state index contributed by atoms with van der Waals surface area (Å²) in [7, 11) is 3.23. The number of benzene rings is 2. The number of hydrogen-bond acceptors (Lipinski definition) is 6. The zero-order valence-corrected chi connectivity index (χ0v) is 19.8. The van der Waals surface area contributed by atoms with Crippen LogP contribution < -0.4 is 9.47 Å². The van der Waals surface area contributed by atoms with E-state index in [9.17, 15) is 9.59 Å². The molecule has 6 nitrogen and oxygen atoms in total. The van der Waals surface area contributed by atoms with E-state index < -0.39 is 0 Å². The van der Waals surface area contributed by atoms with E-state index in [0.717, 1.165) is 56.4 Å². The van der Waals surface area contributed by atoms with Crippen molar-refractivity contribution in [2.45, 2.75) is 39.2 Å². The lowest BCUT2D eigenvalue weighted by atomic mass is 9.85. The van der Waals surface area contributed by atoms with Crippen molar-refractivity contribution in [1.29, 1.82) is 0 Å². The van der Waals surface area contributed by atoms with Crippen molar-refractivity contribution in [3.8, 4) is 11.5 Å². The lowest BCUT2D eigenvalue weighted by Crippen LogP contribution is -2.34. The summed E-state index contributed by atoms with van der Waals surface area (Å²) in [6.07, 6.45) is 3.95. The largest absolute Gasteiger partial charge is 0.493 e. The smallest absolute Gasteiger partial charge is 0.338 e. The van der Waals surface area contributed by atoms with Crippen molar-refractivity contribution >= 4 is 11.8 Å². The number of nitrogens with zero attached hydrogens (tertiary/aromatic N) is 1. The van der Waals surface area contributed by atoms with Crippen LogP contribution in [0.2, 0.25) is 0 Å². The molecule has 176 valence electrons. The number of esters is 1. The Hall–Kier alpha value is -2.86. The van der Waals surface area contributed by atoms with Crippen LogP contribution in [0.5, 0.6) is 11.5 Å². The van der Waals surface area contributed by atoms with Crippen LogP contribution >= 0.6 is 0 Å². The predicted molar refractivity (Wildman–Crippen MR) is 126 cm³/mol. The maximum atomic E-state index is 13.0. The second kappa shape index (κ2) is 10.4. The molecule has 0 N–H and O–H groups in total. The molecule has 2 aliphatic rings. The number of ether oxygens (including phenoxy) is 3. The molecule has 0 bridgehead atoms. The predicted octanol–water partition coefficient (Wildman–Crippen LogP) is 4.54. The Morgan fingerprint density at radius 3 is 2.33 bits per heavy atom. The van der Waals surface area contributed by atoms with E-state index >= 15 is 0 Å². The fourth-order valence-electron chi connectivity index (χ4n) is 5.09. The topological polar surface area (TPSA) is 65.1 Å². The third kappa shape index (κ3) is 5.22. The van der Waals surface area contributed by atoms with Crippen LogP contribution in [0.3, 0.4) is 0 Å². The fraction of sp³-hybridized carbons (Fsp3) is 0.481. The number of ketones is 1. The molecule has 1 heterocycles. The highest BCUT2D eigenvalue weighted by molar-refractivity contribution is 6.02. The molecular formula is C27H33NO5. The quantitative estimate of drug-likeness (QED) is 0.549. The molecule has 6 heteroatoms. The van der Waals surface area contributed by atoms with Gasteiger partial charge in [-0.1, -0.05) is 12.1 Å². The van der Waals surface area contributed by atoms with Crippen LogP contribution in [0, 0.1) is 11.8 Å². The molecule has 2 aromatic rings. The minimum absolute atomic E-state index is 0.0591. The van der Waals surface area contributed by atoms with Gasteiger partial charge < -0.3 is 14.2 Å². The fourth-order valence-corrected chi connectivity index (χ4v) is 5.09. The molecular weight excluding hydrogens is 418 g/mol. The molecule has 4 rings (SSSR count). The van der Waals surface area contributed by atoms with Gasteiger partial charge in [-0.2, -0.15) is 0 Å². The first-order valence-electron chi connectivity index (χ1n) is 11.8. The van der Waals surface area contributed by atoms with Gasteiger partial charge in [0.05, 0.1) is 26.4 Å². The van der Waals surface area contributed by atoms with Gasteiger partial charge in [0.15, 0.2) is 17.3 Å². The van der Waals surface area contributed by atoms with Gasteiger partial charge in [0.1, 0.15) is 0 Å². The minimum atomic E-state index is -0.273. The van der Waals surface area contributed by atoms with Crippen LogP contribution in [0.25, 0.3) is 0 Å². The van der Waals surface area contributed by atoms with Crippen molar-refractivity contribution in [2.75, 3.05) is 33.9 Å². The Morgan fingerprint density at radius 2 is 1.70 bits per heavy atom. The lowest BCUT2D eigenvalue weighted by Gasteiger charge is -2.33. The van der Waals surface area contributed by atoms with E-state index in [1.54, 1.807) is 14.2 Å². The summed E-state index contributed by atoms with van der Waals surface area (Å²) >= 11 is 0. The van der Waals surface area contributed by atoms with Gasteiger partial charge in [0.2, 0.25) is 0 Å². The Balaban J connectivity index is 1.28. The van der Waals surface area contributed by atoms with Gasteiger partial charge in [-0.3, -0.25) is 9.69 Å². The molecule has 1 unspecified atom stereocenters. The number of carbonyl (C=O) groups excluding carboxylic acids is 2. The maximum Gasteiger partial charge on any atom is 0.338 e. The molecule has 0 amide bonds. The van der Waals surface area contributed by atoms with Crippen molar-refractivity contribution < 1.29 is 23.8 Å². The molecule has 0 aromatic heterocycles. The minimum Gasteiger partial charge on any atom is -0.493 e. The molecule has 0 saturated carbocycles. The van der Waals surface area contributed by atoms with Crippen LogP contribution in [0.15, 0.2) is 36.4 Å². The van der Waals surface area contributed by atoms with Crippen LogP contribution in [-0.4, -0.2) is 50.6 Å². The molecule has 0 spiro atoms. The van der Waals surface area contributed by atoms with E-state index in [1.807, 2.05) is 43.3 Å². The molecule has 1 fully saturated rings. The van der Waals surface area contributed by atoms with E-state index in [1.165, 1.54) is 5.56 Å². The summed E-state index contributed by atoms with van der Waals surface area (Å²) in [6.45, 7) is 5.13. The number of likely N-dealkylation sites (tertiary alicyclic amines) is 1. The second-order valence-electron chi connectivity index (χ2n) is 9.00. The van der Waals surface area contributed by atoms with E-state index in [0.29, 0.717) is 29.6 Å². The van der Waals surface area contributed by atoms with Crippen LogP contribution in [-0.2, 0) is 17.7 Å². The number of carbonyl (C=O) groups is 2. The van der Waals surface area contributed by atoms with Crippen molar-refractivity contribution in [2.24, 2.45) is 11.8 Å². The molecule has 1 saturated heterocycles. The SMILES string of the molecule is CCOC(=O)c1ccc(CN2CCC(CC3Cc4cc(OC)c(OC)cc4C3=O)CC2)cc1. The zero-order valence-electron chi connectivity index (χ0n) is 19.8. The Bertz CT molecular complexity index is 992. The van der Waals surface area contributed by atoms with Crippen LogP contribution in [0.4, 0.5) is 0 Å². The van der Waals surface area contributed by atoms with Crippen LogP contribution in [0.1, 0.15) is 58.0 Å². The lowest BCUT2D eigenvalue weighted by molar-refractivity contribution is 0.0526. The third-order valence-electron chi connectivity index (χ3n) is 6.91. The second-order valence-corrected chi connectivity index (χ2v) is 9.00. The summed E-state index contributed by atoms with van der Waals surface area (Å²) in [5.74, 6) is 1.91. The average molecular weight is 452 g/mol. The molecule has 1 atom stereocenters.